The third kappa shape index (κ3) is 6.54. The molecule has 0 unspecified atom stereocenters. The molecule has 1 heterocycles. The van der Waals surface area contributed by atoms with E-state index in [1.165, 1.54) is 0 Å². The zero-order valence-corrected chi connectivity index (χ0v) is 17.3. The monoisotopic (exact) mass is 387 g/mol. The molecule has 0 saturated carbocycles. The maximum atomic E-state index is 12.8. The number of unbranched alkanes of at least 4 members (excludes halogenated alkanes) is 1. The molecular weight excluding hydrogens is 358 g/mol. The molecule has 0 atom stereocenters. The second kappa shape index (κ2) is 10.9. The van der Waals surface area contributed by atoms with Crippen molar-refractivity contribution < 1.29 is 4.79 Å². The first kappa shape index (κ1) is 21.2. The number of nitrogens with one attached hydrogen (secondary N) is 1. The van der Waals surface area contributed by atoms with Crippen LogP contribution in [0.2, 0.25) is 0 Å². The minimum atomic E-state index is 0.0211. The summed E-state index contributed by atoms with van der Waals surface area (Å²) in [6.07, 6.45) is 3.89. The fourth-order valence-electron chi connectivity index (χ4n) is 2.77. The van der Waals surface area contributed by atoms with E-state index < -0.39 is 0 Å². The molecule has 1 N–H and O–H groups in total. The number of aryl methyl sites for hydroxylation is 1. The van der Waals surface area contributed by atoms with Crippen molar-refractivity contribution in [3.8, 4) is 0 Å². The average Bonchev–Trinajstić information content (AvgIpc) is 2.67. The minimum Gasteiger partial charge on any atom is -0.356 e. The molecule has 6 heteroatoms. The number of carbonyl (C=O) groups is 1. The van der Waals surface area contributed by atoms with Gasteiger partial charge < -0.3 is 5.32 Å². The first-order valence-electron chi connectivity index (χ1n) is 9.52. The van der Waals surface area contributed by atoms with Gasteiger partial charge >= 0.3 is 0 Å². The highest BCUT2D eigenvalue weighted by molar-refractivity contribution is 7.99. The molecule has 1 amide bonds. The molecule has 0 bridgehead atoms. The Bertz CT molecular complexity index is 803. The maximum Gasteiger partial charge on any atom is 0.257 e. The molecule has 27 heavy (non-hydrogen) atoms. The Hall–Kier alpha value is -2.08. The molecule has 0 fully saturated rings. The van der Waals surface area contributed by atoms with E-state index in [9.17, 15) is 9.59 Å². The molecule has 1 aromatic heterocycles. The summed E-state index contributed by atoms with van der Waals surface area (Å²) >= 11 is 1.58. The molecule has 0 aliphatic rings. The van der Waals surface area contributed by atoms with Crippen LogP contribution in [0, 0.1) is 6.92 Å². The van der Waals surface area contributed by atoms with Gasteiger partial charge in [-0.15, -0.1) is 0 Å². The van der Waals surface area contributed by atoms with Gasteiger partial charge in [0.2, 0.25) is 5.91 Å². The third-order valence-electron chi connectivity index (χ3n) is 4.38. The van der Waals surface area contributed by atoms with Gasteiger partial charge in [0, 0.05) is 43.4 Å². The molecule has 0 aliphatic carbocycles. The zero-order chi connectivity index (χ0) is 19.6. The van der Waals surface area contributed by atoms with E-state index in [2.05, 4.69) is 10.3 Å². The Morgan fingerprint density at radius 3 is 2.67 bits per heavy atom. The lowest BCUT2D eigenvalue weighted by atomic mass is 10.1. The van der Waals surface area contributed by atoms with Crippen LogP contribution in [-0.2, 0) is 18.3 Å². The fraction of sp³-hybridized carbons (Fsp3) is 0.476. The number of aromatic nitrogens is 2. The van der Waals surface area contributed by atoms with Gasteiger partial charge in [-0.25, -0.2) is 4.98 Å². The first-order valence-corrected chi connectivity index (χ1v) is 10.5. The Morgan fingerprint density at radius 2 is 1.96 bits per heavy atom. The van der Waals surface area contributed by atoms with Crippen molar-refractivity contribution in [2.24, 2.45) is 7.05 Å². The Kier molecular flexibility index (Phi) is 8.58. The normalized spacial score (nSPS) is 10.8. The molecule has 0 aliphatic heterocycles. The van der Waals surface area contributed by atoms with Gasteiger partial charge in [0.25, 0.3) is 5.56 Å². The van der Waals surface area contributed by atoms with Crippen LogP contribution < -0.4 is 10.9 Å². The zero-order valence-electron chi connectivity index (χ0n) is 16.5. The minimum absolute atomic E-state index is 0.0211. The summed E-state index contributed by atoms with van der Waals surface area (Å²) in [5.74, 6) is 0.965. The molecular formula is C21H29N3O2S. The lowest BCUT2D eigenvalue weighted by Crippen LogP contribution is -2.25. The van der Waals surface area contributed by atoms with Crippen molar-refractivity contribution in [1.29, 1.82) is 0 Å². The maximum absolute atomic E-state index is 12.8. The Balaban J connectivity index is 1.91. The number of amides is 1. The summed E-state index contributed by atoms with van der Waals surface area (Å²) < 4.78 is 1.64. The predicted octanol–water partition coefficient (Wildman–Crippen LogP) is 3.47. The van der Waals surface area contributed by atoms with Crippen molar-refractivity contribution in [3.63, 3.8) is 0 Å². The lowest BCUT2D eigenvalue weighted by molar-refractivity contribution is -0.121. The van der Waals surface area contributed by atoms with Crippen molar-refractivity contribution in [1.82, 2.24) is 14.9 Å². The molecule has 146 valence electrons. The number of carbonyl (C=O) groups excluding carboxylic acids is 1. The summed E-state index contributed by atoms with van der Waals surface area (Å²) in [7, 11) is 1.78. The fourth-order valence-corrected chi connectivity index (χ4v) is 3.78. The van der Waals surface area contributed by atoms with E-state index in [1.807, 2.05) is 44.2 Å². The summed E-state index contributed by atoms with van der Waals surface area (Å²) in [5, 5.41) is 3.63. The number of benzene rings is 1. The van der Waals surface area contributed by atoms with Crippen LogP contribution in [0.3, 0.4) is 0 Å². The Morgan fingerprint density at radius 1 is 1.22 bits per heavy atom. The smallest absolute Gasteiger partial charge is 0.257 e. The van der Waals surface area contributed by atoms with Crippen molar-refractivity contribution in [2.45, 2.75) is 51.1 Å². The number of hydrogen-bond donors (Lipinski definition) is 1. The van der Waals surface area contributed by atoms with Crippen LogP contribution in [0.5, 0.6) is 0 Å². The van der Waals surface area contributed by atoms with Crippen molar-refractivity contribution >= 4 is 17.7 Å². The van der Waals surface area contributed by atoms with Crippen LogP contribution in [0.15, 0.2) is 40.3 Å². The second-order valence-corrected chi connectivity index (χ2v) is 7.70. The highest BCUT2D eigenvalue weighted by atomic mass is 32.2. The second-order valence-electron chi connectivity index (χ2n) is 6.64. The lowest BCUT2D eigenvalue weighted by Gasteiger charge is -2.12. The molecule has 0 saturated heterocycles. The highest BCUT2D eigenvalue weighted by Gasteiger charge is 2.13. The van der Waals surface area contributed by atoms with E-state index in [1.54, 1.807) is 23.4 Å². The van der Waals surface area contributed by atoms with Crippen molar-refractivity contribution in [2.75, 3.05) is 12.3 Å². The topological polar surface area (TPSA) is 64.0 Å². The van der Waals surface area contributed by atoms with Crippen LogP contribution >= 0.6 is 11.8 Å². The highest BCUT2D eigenvalue weighted by Crippen LogP contribution is 2.18. The van der Waals surface area contributed by atoms with Gasteiger partial charge in [-0.1, -0.05) is 49.0 Å². The summed E-state index contributed by atoms with van der Waals surface area (Å²) in [6.45, 7) is 4.69. The van der Waals surface area contributed by atoms with Crippen LogP contribution in [0.4, 0.5) is 0 Å². The molecule has 0 radical (unpaired) electrons. The van der Waals surface area contributed by atoms with Gasteiger partial charge in [-0.3, -0.25) is 14.2 Å². The largest absolute Gasteiger partial charge is 0.356 e. The van der Waals surface area contributed by atoms with Gasteiger partial charge in [0.1, 0.15) is 0 Å². The molecule has 5 nitrogen and oxygen atoms in total. The van der Waals surface area contributed by atoms with E-state index in [0.29, 0.717) is 12.8 Å². The van der Waals surface area contributed by atoms with Crippen LogP contribution in [0.1, 0.15) is 49.4 Å². The summed E-state index contributed by atoms with van der Waals surface area (Å²) in [5.41, 5.74) is 2.68. The van der Waals surface area contributed by atoms with E-state index in [4.69, 9.17) is 0 Å². The standard InChI is InChI=1S/C21H29N3O2S/c1-4-13-22-19(25)12-8-9-14-27-21-23-16(2)18(20(26)24(21)3)15-17-10-6-5-7-11-17/h5-7,10-11H,4,8-9,12-15H2,1-3H3,(H,22,25). The quantitative estimate of drug-likeness (QED) is 0.385. The van der Waals surface area contributed by atoms with Crippen LogP contribution in [-0.4, -0.2) is 27.8 Å². The predicted molar refractivity (Wildman–Crippen MR) is 111 cm³/mol. The molecule has 2 rings (SSSR count). The van der Waals surface area contributed by atoms with E-state index in [0.717, 1.165) is 53.5 Å². The molecule has 1 aromatic carbocycles. The van der Waals surface area contributed by atoms with E-state index in [-0.39, 0.29) is 11.5 Å². The van der Waals surface area contributed by atoms with Crippen molar-refractivity contribution in [3.05, 3.63) is 57.5 Å². The summed E-state index contributed by atoms with van der Waals surface area (Å²) in [4.78, 5) is 29.0. The molecule has 2 aromatic rings. The summed E-state index contributed by atoms with van der Waals surface area (Å²) in [6, 6.07) is 9.99. The molecule has 0 spiro atoms. The number of nitrogens with zero attached hydrogens (tertiary/aromatic N) is 2. The number of hydrogen-bond acceptors (Lipinski definition) is 4. The average molecular weight is 388 g/mol. The van der Waals surface area contributed by atoms with Gasteiger partial charge in [-0.2, -0.15) is 0 Å². The Labute approximate surface area is 165 Å². The number of thioether (sulfide) groups is 1. The van der Waals surface area contributed by atoms with Crippen LogP contribution in [0.25, 0.3) is 0 Å². The third-order valence-corrected chi connectivity index (χ3v) is 5.49. The van der Waals surface area contributed by atoms with Gasteiger partial charge in [0.15, 0.2) is 5.16 Å². The SMILES string of the molecule is CCCNC(=O)CCCCSc1nc(C)c(Cc2ccccc2)c(=O)n1C. The van der Waals surface area contributed by atoms with Gasteiger partial charge in [0.05, 0.1) is 0 Å². The van der Waals surface area contributed by atoms with Gasteiger partial charge in [-0.05, 0) is 31.7 Å². The number of rotatable bonds is 10. The first-order chi connectivity index (χ1) is 13.0. The van der Waals surface area contributed by atoms with E-state index >= 15 is 0 Å².